The molecule has 1 heterocycles. The molecule has 0 aliphatic heterocycles. The van der Waals surface area contributed by atoms with E-state index in [2.05, 4.69) is 36.8 Å². The Labute approximate surface area is 97.6 Å². The minimum atomic E-state index is -0.262. The van der Waals surface area contributed by atoms with E-state index in [0.717, 1.165) is 10.2 Å². The van der Waals surface area contributed by atoms with E-state index in [1.807, 2.05) is 6.92 Å². The van der Waals surface area contributed by atoms with E-state index < -0.39 is 0 Å². The van der Waals surface area contributed by atoms with Gasteiger partial charge in [-0.15, -0.1) is 0 Å². The standard InChI is InChI=1S/C10H6Br2FN/c1-5-8(12)4-7-9(13)2-6(11)3-10(7)14-5/h2-4H,1H3. The van der Waals surface area contributed by atoms with Crippen LogP contribution in [0.4, 0.5) is 4.39 Å². The van der Waals surface area contributed by atoms with Gasteiger partial charge < -0.3 is 0 Å². The Balaban J connectivity index is 2.89. The average molecular weight is 319 g/mol. The van der Waals surface area contributed by atoms with Gasteiger partial charge in [-0.05, 0) is 41.1 Å². The van der Waals surface area contributed by atoms with Crippen LogP contribution >= 0.6 is 31.9 Å². The molecule has 4 heteroatoms. The fraction of sp³-hybridized carbons (Fsp3) is 0.100. The Morgan fingerprint density at radius 2 is 1.93 bits per heavy atom. The predicted octanol–water partition coefficient (Wildman–Crippen LogP) is 4.21. The Bertz CT molecular complexity index is 511. The van der Waals surface area contributed by atoms with Crippen LogP contribution in [0.25, 0.3) is 10.9 Å². The van der Waals surface area contributed by atoms with Gasteiger partial charge in [0.15, 0.2) is 0 Å². The van der Waals surface area contributed by atoms with Gasteiger partial charge in [0.2, 0.25) is 0 Å². The summed E-state index contributed by atoms with van der Waals surface area (Å²) in [6.07, 6.45) is 0. The van der Waals surface area contributed by atoms with Gasteiger partial charge in [0.05, 0.1) is 11.2 Å². The number of aromatic nitrogens is 1. The molecule has 0 aliphatic carbocycles. The zero-order valence-corrected chi connectivity index (χ0v) is 10.5. The van der Waals surface area contributed by atoms with Crippen molar-refractivity contribution in [1.82, 2.24) is 4.98 Å². The van der Waals surface area contributed by atoms with E-state index in [0.29, 0.717) is 15.4 Å². The summed E-state index contributed by atoms with van der Waals surface area (Å²) in [6.45, 7) is 1.88. The molecule has 0 aliphatic rings. The molecule has 1 nitrogen and oxygen atoms in total. The number of hydrogen-bond donors (Lipinski definition) is 0. The molecule has 0 bridgehead atoms. The van der Waals surface area contributed by atoms with E-state index in [1.165, 1.54) is 6.07 Å². The topological polar surface area (TPSA) is 12.9 Å². The SMILES string of the molecule is Cc1nc2cc(Br)cc(F)c2cc1Br. The summed E-state index contributed by atoms with van der Waals surface area (Å²) in [6, 6.07) is 4.99. The number of pyridine rings is 1. The number of halogens is 3. The van der Waals surface area contributed by atoms with Gasteiger partial charge in [-0.2, -0.15) is 0 Å². The van der Waals surface area contributed by atoms with Gasteiger partial charge in [0.1, 0.15) is 5.82 Å². The van der Waals surface area contributed by atoms with E-state index in [1.54, 1.807) is 12.1 Å². The molecule has 2 rings (SSSR count). The lowest BCUT2D eigenvalue weighted by Gasteiger charge is -2.03. The molecule has 1 aromatic heterocycles. The summed E-state index contributed by atoms with van der Waals surface area (Å²) in [5, 5.41) is 0.533. The number of hydrogen-bond acceptors (Lipinski definition) is 1. The smallest absolute Gasteiger partial charge is 0.133 e. The van der Waals surface area contributed by atoms with E-state index in [9.17, 15) is 4.39 Å². The summed E-state index contributed by atoms with van der Waals surface area (Å²) in [5.74, 6) is -0.262. The van der Waals surface area contributed by atoms with E-state index in [-0.39, 0.29) is 5.82 Å². The van der Waals surface area contributed by atoms with Gasteiger partial charge in [0, 0.05) is 14.3 Å². The maximum absolute atomic E-state index is 13.5. The third-order valence-corrected chi connectivity index (χ3v) is 3.24. The first kappa shape index (κ1) is 10.1. The minimum Gasteiger partial charge on any atom is -0.252 e. The number of aryl methyl sites for hydroxylation is 1. The molecule has 0 spiro atoms. The molecular formula is C10H6Br2FN. The predicted molar refractivity (Wildman–Crippen MR) is 61.8 cm³/mol. The second kappa shape index (κ2) is 3.59. The van der Waals surface area contributed by atoms with Crippen molar-refractivity contribution >= 4 is 42.8 Å². The molecular weight excluding hydrogens is 313 g/mol. The van der Waals surface area contributed by atoms with E-state index >= 15 is 0 Å². The molecule has 0 saturated carbocycles. The quantitative estimate of drug-likeness (QED) is 0.709. The maximum Gasteiger partial charge on any atom is 0.133 e. The molecule has 0 radical (unpaired) electrons. The summed E-state index contributed by atoms with van der Waals surface area (Å²) in [7, 11) is 0. The second-order valence-corrected chi connectivity index (χ2v) is 4.78. The molecule has 72 valence electrons. The lowest BCUT2D eigenvalue weighted by atomic mass is 10.2. The highest BCUT2D eigenvalue weighted by Gasteiger charge is 2.06. The summed E-state index contributed by atoms with van der Waals surface area (Å²) in [5.41, 5.74) is 1.52. The highest BCUT2D eigenvalue weighted by atomic mass is 79.9. The molecule has 0 fully saturated rings. The largest absolute Gasteiger partial charge is 0.252 e. The molecule has 0 N–H and O–H groups in total. The van der Waals surface area contributed by atoms with Gasteiger partial charge in [-0.25, -0.2) is 4.39 Å². The fourth-order valence-electron chi connectivity index (χ4n) is 1.27. The molecule has 0 atom stereocenters. The molecule has 0 unspecified atom stereocenters. The number of benzene rings is 1. The van der Waals surface area contributed by atoms with Crippen LogP contribution in [0.5, 0.6) is 0 Å². The van der Waals surface area contributed by atoms with Crippen molar-refractivity contribution in [3.05, 3.63) is 38.7 Å². The lowest BCUT2D eigenvalue weighted by Crippen LogP contribution is -1.88. The monoisotopic (exact) mass is 317 g/mol. The zero-order chi connectivity index (χ0) is 10.3. The summed E-state index contributed by atoms with van der Waals surface area (Å²) < 4.78 is 15.0. The van der Waals surface area contributed by atoms with Crippen molar-refractivity contribution in [2.75, 3.05) is 0 Å². The van der Waals surface area contributed by atoms with Crippen molar-refractivity contribution in [3.8, 4) is 0 Å². The molecule has 1 aromatic carbocycles. The molecule has 2 aromatic rings. The zero-order valence-electron chi connectivity index (χ0n) is 7.31. The fourth-order valence-corrected chi connectivity index (χ4v) is 2.01. The first-order valence-corrected chi connectivity index (χ1v) is 5.58. The second-order valence-electron chi connectivity index (χ2n) is 3.01. The van der Waals surface area contributed by atoms with Crippen LogP contribution in [0.2, 0.25) is 0 Å². The summed E-state index contributed by atoms with van der Waals surface area (Å²) >= 11 is 6.56. The van der Waals surface area contributed by atoms with Crippen molar-refractivity contribution < 1.29 is 4.39 Å². The van der Waals surface area contributed by atoms with Gasteiger partial charge in [-0.3, -0.25) is 4.98 Å². The van der Waals surface area contributed by atoms with Crippen LogP contribution in [0.15, 0.2) is 27.1 Å². The first-order chi connectivity index (χ1) is 6.58. The normalized spacial score (nSPS) is 10.9. The third-order valence-electron chi connectivity index (χ3n) is 1.98. The average Bonchev–Trinajstić information content (AvgIpc) is 2.08. The van der Waals surface area contributed by atoms with Crippen LogP contribution < -0.4 is 0 Å². The summed E-state index contributed by atoms with van der Waals surface area (Å²) in [4.78, 5) is 4.28. The van der Waals surface area contributed by atoms with Gasteiger partial charge in [0.25, 0.3) is 0 Å². The highest BCUT2D eigenvalue weighted by molar-refractivity contribution is 9.10. The lowest BCUT2D eigenvalue weighted by molar-refractivity contribution is 0.638. The van der Waals surface area contributed by atoms with Gasteiger partial charge in [-0.1, -0.05) is 15.9 Å². The van der Waals surface area contributed by atoms with Crippen molar-refractivity contribution in [2.24, 2.45) is 0 Å². The van der Waals surface area contributed by atoms with Crippen LogP contribution in [-0.2, 0) is 0 Å². The Hall–Kier alpha value is -0.480. The van der Waals surface area contributed by atoms with Crippen LogP contribution in [0, 0.1) is 12.7 Å². The van der Waals surface area contributed by atoms with Crippen LogP contribution in [0.3, 0.4) is 0 Å². The Kier molecular flexibility index (Phi) is 2.58. The Morgan fingerprint density at radius 3 is 2.64 bits per heavy atom. The molecule has 0 saturated heterocycles. The highest BCUT2D eigenvalue weighted by Crippen LogP contribution is 2.26. The van der Waals surface area contributed by atoms with E-state index in [4.69, 9.17) is 0 Å². The Morgan fingerprint density at radius 1 is 1.21 bits per heavy atom. The van der Waals surface area contributed by atoms with Gasteiger partial charge >= 0.3 is 0 Å². The minimum absolute atomic E-state index is 0.262. The number of fused-ring (bicyclic) bond motifs is 1. The molecule has 0 amide bonds. The van der Waals surface area contributed by atoms with Crippen molar-refractivity contribution in [2.45, 2.75) is 6.92 Å². The van der Waals surface area contributed by atoms with Crippen LogP contribution in [-0.4, -0.2) is 4.98 Å². The van der Waals surface area contributed by atoms with Crippen molar-refractivity contribution in [1.29, 1.82) is 0 Å². The molecule has 14 heavy (non-hydrogen) atoms. The van der Waals surface area contributed by atoms with Crippen molar-refractivity contribution in [3.63, 3.8) is 0 Å². The number of nitrogens with zero attached hydrogens (tertiary/aromatic N) is 1. The third kappa shape index (κ3) is 1.68. The first-order valence-electron chi connectivity index (χ1n) is 4.00. The van der Waals surface area contributed by atoms with Crippen LogP contribution in [0.1, 0.15) is 5.69 Å². The maximum atomic E-state index is 13.5. The number of rotatable bonds is 0.